The van der Waals surface area contributed by atoms with Gasteiger partial charge in [0.05, 0.1) is 16.3 Å². The molecular weight excluding hydrogens is 574 g/mol. The zero-order chi connectivity index (χ0) is 26.1. The molecule has 11 heteroatoms. The molecule has 3 aromatic carbocycles. The number of sulfonamides is 1. The number of alkyl halides is 3. The summed E-state index contributed by atoms with van der Waals surface area (Å²) < 4.78 is 66.4. The Morgan fingerprint density at radius 1 is 0.833 bits per heavy atom. The van der Waals surface area contributed by atoms with Crippen LogP contribution in [0.2, 0.25) is 15.1 Å². The SMILES string of the molecule is O=S(=O)(NCc1cc(-c2ccc(Cl)cc2)c(-c2ccc(Cl)cc2Cl)s1)c1cccc(CC(F)(F)F)c1. The maximum absolute atomic E-state index is 12.8. The van der Waals surface area contributed by atoms with Crippen molar-refractivity contribution in [1.29, 1.82) is 0 Å². The number of thiophene rings is 1. The lowest BCUT2D eigenvalue weighted by Gasteiger charge is -2.09. The first kappa shape index (κ1) is 27.0. The highest BCUT2D eigenvalue weighted by Gasteiger charge is 2.28. The Hall–Kier alpha value is -2.07. The Kier molecular flexibility index (Phi) is 8.04. The summed E-state index contributed by atoms with van der Waals surface area (Å²) in [5.74, 6) is 0. The molecule has 188 valence electrons. The monoisotopic (exact) mass is 589 g/mol. The largest absolute Gasteiger partial charge is 0.393 e. The first-order valence-electron chi connectivity index (χ1n) is 10.4. The highest BCUT2D eigenvalue weighted by Crippen LogP contribution is 2.43. The lowest BCUT2D eigenvalue weighted by atomic mass is 10.0. The topological polar surface area (TPSA) is 46.2 Å². The minimum Gasteiger partial charge on any atom is -0.207 e. The van der Waals surface area contributed by atoms with E-state index >= 15 is 0 Å². The third kappa shape index (κ3) is 6.62. The van der Waals surface area contributed by atoms with Crippen molar-refractivity contribution >= 4 is 56.2 Å². The first-order chi connectivity index (χ1) is 16.9. The number of rotatable bonds is 7. The van der Waals surface area contributed by atoms with Crippen molar-refractivity contribution in [1.82, 2.24) is 4.72 Å². The fourth-order valence-corrected chi connectivity index (χ4v) is 6.56. The molecule has 4 rings (SSSR count). The van der Waals surface area contributed by atoms with E-state index in [2.05, 4.69) is 4.72 Å². The Morgan fingerprint density at radius 3 is 2.19 bits per heavy atom. The summed E-state index contributed by atoms with van der Waals surface area (Å²) in [7, 11) is -4.06. The first-order valence-corrected chi connectivity index (χ1v) is 13.8. The maximum Gasteiger partial charge on any atom is 0.393 e. The summed E-state index contributed by atoms with van der Waals surface area (Å²) in [6.45, 7) is -0.0672. The summed E-state index contributed by atoms with van der Waals surface area (Å²) >= 11 is 19.9. The number of hydrogen-bond donors (Lipinski definition) is 1. The van der Waals surface area contributed by atoms with Crippen LogP contribution in [0.15, 0.2) is 77.7 Å². The highest BCUT2D eigenvalue weighted by molar-refractivity contribution is 7.89. The summed E-state index contributed by atoms with van der Waals surface area (Å²) in [6, 6.07) is 19.0. The van der Waals surface area contributed by atoms with E-state index in [0.717, 1.165) is 27.6 Å². The third-order valence-electron chi connectivity index (χ3n) is 5.16. The summed E-state index contributed by atoms with van der Waals surface area (Å²) in [4.78, 5) is 1.25. The zero-order valence-corrected chi connectivity index (χ0v) is 22.1. The van der Waals surface area contributed by atoms with E-state index < -0.39 is 22.6 Å². The van der Waals surface area contributed by atoms with Crippen LogP contribution in [0.5, 0.6) is 0 Å². The van der Waals surface area contributed by atoms with E-state index in [4.69, 9.17) is 34.8 Å². The molecule has 0 amide bonds. The average Bonchev–Trinajstić information content (AvgIpc) is 3.21. The van der Waals surface area contributed by atoms with Crippen LogP contribution in [-0.4, -0.2) is 14.6 Å². The maximum atomic E-state index is 12.8. The predicted molar refractivity (Wildman–Crippen MR) is 140 cm³/mol. The van der Waals surface area contributed by atoms with E-state index in [-0.39, 0.29) is 17.0 Å². The van der Waals surface area contributed by atoms with Crippen LogP contribution < -0.4 is 4.72 Å². The summed E-state index contributed by atoms with van der Waals surface area (Å²) in [5.41, 5.74) is 2.27. The van der Waals surface area contributed by atoms with Crippen molar-refractivity contribution in [3.05, 3.63) is 98.3 Å². The van der Waals surface area contributed by atoms with Gasteiger partial charge in [-0.2, -0.15) is 13.2 Å². The van der Waals surface area contributed by atoms with Gasteiger partial charge < -0.3 is 0 Å². The third-order valence-corrected chi connectivity index (χ3v) is 8.53. The molecule has 0 saturated heterocycles. The van der Waals surface area contributed by atoms with Crippen molar-refractivity contribution in [2.24, 2.45) is 0 Å². The zero-order valence-electron chi connectivity index (χ0n) is 18.2. The van der Waals surface area contributed by atoms with E-state index in [9.17, 15) is 21.6 Å². The van der Waals surface area contributed by atoms with Gasteiger partial charge in [0.2, 0.25) is 10.0 Å². The van der Waals surface area contributed by atoms with Crippen LogP contribution in [0.4, 0.5) is 13.2 Å². The van der Waals surface area contributed by atoms with Gasteiger partial charge in [0.15, 0.2) is 0 Å². The second kappa shape index (κ2) is 10.7. The van der Waals surface area contributed by atoms with Crippen molar-refractivity contribution in [3.8, 4) is 21.6 Å². The fraction of sp³-hybridized carbons (Fsp3) is 0.120. The smallest absolute Gasteiger partial charge is 0.207 e. The van der Waals surface area contributed by atoms with Gasteiger partial charge >= 0.3 is 6.18 Å². The van der Waals surface area contributed by atoms with Crippen LogP contribution in [0.3, 0.4) is 0 Å². The van der Waals surface area contributed by atoms with Gasteiger partial charge in [-0.1, -0.05) is 65.1 Å². The molecule has 0 unspecified atom stereocenters. The minimum absolute atomic E-state index is 0.0672. The van der Waals surface area contributed by atoms with Crippen LogP contribution in [0.25, 0.3) is 21.6 Å². The van der Waals surface area contributed by atoms with Gasteiger partial charge in [0, 0.05) is 37.5 Å². The van der Waals surface area contributed by atoms with Gasteiger partial charge in [-0.15, -0.1) is 11.3 Å². The molecule has 0 spiro atoms. The molecule has 36 heavy (non-hydrogen) atoms. The standard InChI is InChI=1S/C25H17Cl3F3NO2S2/c26-17-6-4-16(5-7-17)22-12-19(35-24(22)21-9-8-18(27)11-23(21)28)14-32-36(33,34)20-3-1-2-15(10-20)13-25(29,30)31/h1-12,32H,13-14H2. The highest BCUT2D eigenvalue weighted by atomic mass is 35.5. The van der Waals surface area contributed by atoms with E-state index in [0.29, 0.717) is 19.9 Å². The molecule has 4 aromatic rings. The molecule has 0 aliphatic heterocycles. The van der Waals surface area contributed by atoms with E-state index in [1.54, 1.807) is 30.3 Å². The molecule has 3 nitrogen and oxygen atoms in total. The van der Waals surface area contributed by atoms with Gasteiger partial charge in [0.25, 0.3) is 0 Å². The minimum atomic E-state index is -4.44. The summed E-state index contributed by atoms with van der Waals surface area (Å²) in [6.07, 6.45) is -5.65. The van der Waals surface area contributed by atoms with Crippen LogP contribution in [0.1, 0.15) is 10.4 Å². The molecule has 1 heterocycles. The Balaban J connectivity index is 1.65. The van der Waals surface area contributed by atoms with Crippen molar-refractivity contribution in [3.63, 3.8) is 0 Å². The second-order valence-electron chi connectivity index (χ2n) is 7.85. The second-order valence-corrected chi connectivity index (χ2v) is 12.0. The van der Waals surface area contributed by atoms with Gasteiger partial charge in [-0.05, 0) is 53.6 Å². The van der Waals surface area contributed by atoms with E-state index in [1.165, 1.54) is 29.5 Å². The van der Waals surface area contributed by atoms with Crippen LogP contribution >= 0.6 is 46.1 Å². The van der Waals surface area contributed by atoms with Gasteiger partial charge in [-0.3, -0.25) is 0 Å². The van der Waals surface area contributed by atoms with Gasteiger partial charge in [0.1, 0.15) is 0 Å². The van der Waals surface area contributed by atoms with Gasteiger partial charge in [-0.25, -0.2) is 13.1 Å². The van der Waals surface area contributed by atoms with Crippen molar-refractivity contribution in [2.45, 2.75) is 24.0 Å². The number of nitrogens with one attached hydrogen (secondary N) is 1. The fourth-order valence-electron chi connectivity index (χ4n) is 3.55. The molecule has 0 bridgehead atoms. The predicted octanol–water partition coefficient (Wildman–Crippen LogP) is 8.63. The Bertz CT molecular complexity index is 1500. The number of benzene rings is 3. The average molecular weight is 591 g/mol. The van der Waals surface area contributed by atoms with Crippen LogP contribution in [0, 0.1) is 0 Å². The molecule has 0 radical (unpaired) electrons. The van der Waals surface area contributed by atoms with E-state index in [1.807, 2.05) is 18.2 Å². The lowest BCUT2D eigenvalue weighted by molar-refractivity contribution is -0.127. The number of halogens is 6. The van der Waals surface area contributed by atoms with Crippen molar-refractivity contribution < 1.29 is 21.6 Å². The normalized spacial score (nSPS) is 12.2. The van der Waals surface area contributed by atoms with Crippen LogP contribution in [-0.2, 0) is 23.0 Å². The molecule has 0 atom stereocenters. The quantitative estimate of drug-likeness (QED) is 0.234. The molecule has 0 aliphatic rings. The Morgan fingerprint density at radius 2 is 1.53 bits per heavy atom. The van der Waals surface area contributed by atoms with Crippen molar-refractivity contribution in [2.75, 3.05) is 0 Å². The molecular formula is C25H17Cl3F3NO2S2. The lowest BCUT2D eigenvalue weighted by Crippen LogP contribution is -2.23. The summed E-state index contributed by atoms with van der Waals surface area (Å²) in [5, 5.41) is 1.49. The molecule has 1 N–H and O–H groups in total. The molecule has 0 aliphatic carbocycles. The number of hydrogen-bond acceptors (Lipinski definition) is 3. The molecule has 0 saturated carbocycles. The molecule has 1 aromatic heterocycles. The Labute approximate surface area is 225 Å². The molecule has 0 fully saturated rings.